The number of rotatable bonds is 2. The first-order valence-electron chi connectivity index (χ1n) is 7.61. The second kappa shape index (κ2) is 5.71. The first kappa shape index (κ1) is 13.4. The lowest BCUT2D eigenvalue weighted by molar-refractivity contribution is 0.0604. The van der Waals surface area contributed by atoms with E-state index in [0.717, 1.165) is 23.8 Å². The third-order valence-electron chi connectivity index (χ3n) is 5.44. The van der Waals surface area contributed by atoms with Gasteiger partial charge in [0.1, 0.15) is 0 Å². The molecular formula is C15H30N2. The smallest absolute Gasteiger partial charge is 0.00981 e. The van der Waals surface area contributed by atoms with Crippen LogP contribution in [0.15, 0.2) is 0 Å². The normalized spacial score (nSPS) is 44.8. The van der Waals surface area contributed by atoms with Crippen LogP contribution >= 0.6 is 0 Å². The standard InChI is InChI=1S/C15H30N2/c1-4-13-10-17(8-7-15(13)16)14-6-5-11(2)12(3)9-14/h11-15H,4-10,16H2,1-3H3. The lowest BCUT2D eigenvalue weighted by Crippen LogP contribution is -2.51. The van der Waals surface area contributed by atoms with Gasteiger partial charge in [0.15, 0.2) is 0 Å². The Balaban J connectivity index is 1.90. The maximum absolute atomic E-state index is 6.20. The van der Waals surface area contributed by atoms with Crippen LogP contribution in [0.1, 0.15) is 52.9 Å². The Kier molecular flexibility index (Phi) is 4.48. The van der Waals surface area contributed by atoms with Gasteiger partial charge in [0.2, 0.25) is 0 Å². The zero-order valence-corrected chi connectivity index (χ0v) is 11.9. The van der Waals surface area contributed by atoms with E-state index in [2.05, 4.69) is 25.7 Å². The van der Waals surface area contributed by atoms with Crippen LogP contribution in [0.5, 0.6) is 0 Å². The number of piperidine rings is 1. The Morgan fingerprint density at radius 1 is 1.12 bits per heavy atom. The Labute approximate surface area is 107 Å². The minimum Gasteiger partial charge on any atom is -0.327 e. The fourth-order valence-corrected chi connectivity index (χ4v) is 3.69. The molecule has 0 amide bonds. The van der Waals surface area contributed by atoms with Crippen LogP contribution in [0.4, 0.5) is 0 Å². The molecule has 2 heteroatoms. The van der Waals surface area contributed by atoms with Crippen LogP contribution in [-0.2, 0) is 0 Å². The molecule has 1 aliphatic heterocycles. The van der Waals surface area contributed by atoms with Crippen molar-refractivity contribution < 1.29 is 0 Å². The molecule has 17 heavy (non-hydrogen) atoms. The minimum atomic E-state index is 0.455. The van der Waals surface area contributed by atoms with Crippen LogP contribution in [0.3, 0.4) is 0 Å². The number of likely N-dealkylation sites (tertiary alicyclic amines) is 1. The summed E-state index contributed by atoms with van der Waals surface area (Å²) in [6, 6.07) is 1.30. The van der Waals surface area contributed by atoms with Crippen molar-refractivity contribution >= 4 is 0 Å². The molecule has 0 aromatic carbocycles. The van der Waals surface area contributed by atoms with Crippen molar-refractivity contribution in [2.24, 2.45) is 23.5 Å². The summed E-state index contributed by atoms with van der Waals surface area (Å²) in [6.07, 6.45) is 6.70. The van der Waals surface area contributed by atoms with E-state index in [1.54, 1.807) is 0 Å². The van der Waals surface area contributed by atoms with E-state index in [4.69, 9.17) is 5.73 Å². The van der Waals surface area contributed by atoms with Gasteiger partial charge in [-0.3, -0.25) is 4.90 Å². The molecule has 5 atom stereocenters. The first-order valence-corrected chi connectivity index (χ1v) is 7.61. The number of hydrogen-bond acceptors (Lipinski definition) is 2. The van der Waals surface area contributed by atoms with Crippen molar-refractivity contribution in [3.8, 4) is 0 Å². The molecule has 1 heterocycles. The number of nitrogens with zero attached hydrogens (tertiary/aromatic N) is 1. The molecule has 1 saturated heterocycles. The Hall–Kier alpha value is -0.0800. The van der Waals surface area contributed by atoms with Crippen molar-refractivity contribution in [3.05, 3.63) is 0 Å². The van der Waals surface area contributed by atoms with Gasteiger partial charge in [0.25, 0.3) is 0 Å². The van der Waals surface area contributed by atoms with Crippen LogP contribution in [0.25, 0.3) is 0 Å². The molecule has 2 N–H and O–H groups in total. The molecule has 0 bridgehead atoms. The summed E-state index contributed by atoms with van der Waals surface area (Å²) in [5.74, 6) is 2.57. The van der Waals surface area contributed by atoms with Crippen molar-refractivity contribution in [1.29, 1.82) is 0 Å². The molecule has 100 valence electrons. The number of nitrogens with two attached hydrogens (primary N) is 1. The van der Waals surface area contributed by atoms with Gasteiger partial charge < -0.3 is 5.73 Å². The van der Waals surface area contributed by atoms with E-state index in [0.29, 0.717) is 6.04 Å². The molecule has 5 unspecified atom stereocenters. The topological polar surface area (TPSA) is 29.3 Å². The quantitative estimate of drug-likeness (QED) is 0.801. The predicted molar refractivity (Wildman–Crippen MR) is 73.9 cm³/mol. The van der Waals surface area contributed by atoms with Gasteiger partial charge in [0, 0.05) is 18.6 Å². The monoisotopic (exact) mass is 238 g/mol. The highest BCUT2D eigenvalue weighted by molar-refractivity contribution is 4.88. The average molecular weight is 238 g/mol. The molecule has 0 spiro atoms. The van der Waals surface area contributed by atoms with Crippen LogP contribution in [-0.4, -0.2) is 30.1 Å². The van der Waals surface area contributed by atoms with Gasteiger partial charge in [-0.25, -0.2) is 0 Å². The molecule has 1 aliphatic carbocycles. The molecule has 0 radical (unpaired) electrons. The van der Waals surface area contributed by atoms with Crippen molar-refractivity contribution in [3.63, 3.8) is 0 Å². The molecule has 0 aromatic heterocycles. The van der Waals surface area contributed by atoms with E-state index in [9.17, 15) is 0 Å². The number of hydrogen-bond donors (Lipinski definition) is 1. The van der Waals surface area contributed by atoms with Crippen LogP contribution in [0, 0.1) is 17.8 Å². The summed E-state index contributed by atoms with van der Waals surface area (Å²) in [5.41, 5.74) is 6.20. The van der Waals surface area contributed by atoms with E-state index in [1.807, 2.05) is 0 Å². The summed E-state index contributed by atoms with van der Waals surface area (Å²) >= 11 is 0. The Morgan fingerprint density at radius 2 is 1.88 bits per heavy atom. The van der Waals surface area contributed by atoms with E-state index < -0.39 is 0 Å². The van der Waals surface area contributed by atoms with E-state index in [-0.39, 0.29) is 0 Å². The third-order valence-corrected chi connectivity index (χ3v) is 5.44. The summed E-state index contributed by atoms with van der Waals surface area (Å²) < 4.78 is 0. The second-order valence-corrected chi connectivity index (χ2v) is 6.54. The van der Waals surface area contributed by atoms with E-state index >= 15 is 0 Å². The SMILES string of the molecule is CCC1CN(C2CCC(C)C(C)C2)CCC1N. The highest BCUT2D eigenvalue weighted by Crippen LogP contribution is 2.34. The summed E-state index contributed by atoms with van der Waals surface area (Å²) in [6.45, 7) is 9.64. The molecule has 0 aromatic rings. The summed E-state index contributed by atoms with van der Waals surface area (Å²) in [4.78, 5) is 2.75. The maximum atomic E-state index is 6.20. The van der Waals surface area contributed by atoms with Crippen molar-refractivity contribution in [2.75, 3.05) is 13.1 Å². The Morgan fingerprint density at radius 3 is 2.53 bits per heavy atom. The van der Waals surface area contributed by atoms with Gasteiger partial charge in [-0.2, -0.15) is 0 Å². The fraction of sp³-hybridized carbons (Fsp3) is 1.00. The lowest BCUT2D eigenvalue weighted by Gasteiger charge is -2.44. The average Bonchev–Trinajstić information content (AvgIpc) is 2.33. The largest absolute Gasteiger partial charge is 0.327 e. The molecular weight excluding hydrogens is 208 g/mol. The molecule has 1 saturated carbocycles. The van der Waals surface area contributed by atoms with Crippen LogP contribution < -0.4 is 5.73 Å². The van der Waals surface area contributed by atoms with Crippen LogP contribution in [0.2, 0.25) is 0 Å². The summed E-state index contributed by atoms with van der Waals surface area (Å²) in [5, 5.41) is 0. The van der Waals surface area contributed by atoms with E-state index in [1.165, 1.54) is 45.2 Å². The fourth-order valence-electron chi connectivity index (χ4n) is 3.69. The highest BCUT2D eigenvalue weighted by Gasteiger charge is 2.33. The first-order chi connectivity index (χ1) is 8.11. The van der Waals surface area contributed by atoms with Crippen molar-refractivity contribution in [1.82, 2.24) is 4.90 Å². The molecule has 2 rings (SSSR count). The molecule has 2 nitrogen and oxygen atoms in total. The maximum Gasteiger partial charge on any atom is 0.00981 e. The molecule has 2 fully saturated rings. The third kappa shape index (κ3) is 3.03. The van der Waals surface area contributed by atoms with Crippen molar-refractivity contribution in [2.45, 2.75) is 65.0 Å². The lowest BCUT2D eigenvalue weighted by atomic mass is 9.77. The van der Waals surface area contributed by atoms with Gasteiger partial charge in [-0.05, 0) is 50.0 Å². The molecule has 2 aliphatic rings. The van der Waals surface area contributed by atoms with Gasteiger partial charge >= 0.3 is 0 Å². The van der Waals surface area contributed by atoms with Gasteiger partial charge in [-0.15, -0.1) is 0 Å². The second-order valence-electron chi connectivity index (χ2n) is 6.54. The highest BCUT2D eigenvalue weighted by atomic mass is 15.2. The zero-order chi connectivity index (χ0) is 12.4. The Bertz CT molecular complexity index is 241. The zero-order valence-electron chi connectivity index (χ0n) is 11.9. The summed E-state index contributed by atoms with van der Waals surface area (Å²) in [7, 11) is 0. The minimum absolute atomic E-state index is 0.455. The predicted octanol–water partition coefficient (Wildman–Crippen LogP) is 2.87. The van der Waals surface area contributed by atoms with Gasteiger partial charge in [0.05, 0.1) is 0 Å². The van der Waals surface area contributed by atoms with Gasteiger partial charge in [-0.1, -0.05) is 27.2 Å².